The molecule has 0 atom stereocenters. The number of amides is 1. The first-order valence-electron chi connectivity index (χ1n) is 7.09. The highest BCUT2D eigenvalue weighted by Gasteiger charge is 2.16. The van der Waals surface area contributed by atoms with Gasteiger partial charge in [-0.1, -0.05) is 13.3 Å². The highest BCUT2D eigenvalue weighted by molar-refractivity contribution is 7.14. The van der Waals surface area contributed by atoms with Gasteiger partial charge in [-0.3, -0.25) is 4.79 Å². The Kier molecular flexibility index (Phi) is 5.90. The van der Waals surface area contributed by atoms with Gasteiger partial charge in [0.15, 0.2) is 6.61 Å². The summed E-state index contributed by atoms with van der Waals surface area (Å²) >= 11 is 2.63. The summed E-state index contributed by atoms with van der Waals surface area (Å²) in [6.07, 6.45) is 1.93. The highest BCUT2D eigenvalue weighted by atomic mass is 32.1. The van der Waals surface area contributed by atoms with Crippen LogP contribution in [-0.2, 0) is 16.0 Å². The van der Waals surface area contributed by atoms with Crippen molar-refractivity contribution in [3.05, 3.63) is 38.4 Å². The van der Waals surface area contributed by atoms with Crippen LogP contribution in [0.2, 0.25) is 0 Å². The first-order chi connectivity index (χ1) is 11.0. The van der Waals surface area contributed by atoms with Crippen molar-refractivity contribution < 1.29 is 14.3 Å². The Bertz CT molecular complexity index is 756. The summed E-state index contributed by atoms with van der Waals surface area (Å²) in [5, 5.41) is 13.6. The molecule has 0 saturated heterocycles. The minimum Gasteiger partial charge on any atom is -0.451 e. The molecule has 120 valence electrons. The van der Waals surface area contributed by atoms with Gasteiger partial charge in [0.25, 0.3) is 5.91 Å². The Morgan fingerprint density at radius 3 is 2.91 bits per heavy atom. The van der Waals surface area contributed by atoms with Gasteiger partial charge in [-0.25, -0.2) is 4.79 Å². The van der Waals surface area contributed by atoms with E-state index in [1.807, 2.05) is 19.1 Å². The molecule has 2 aromatic rings. The molecule has 1 amide bonds. The van der Waals surface area contributed by atoms with Gasteiger partial charge < -0.3 is 10.1 Å². The topological polar surface area (TPSA) is 79.2 Å². The van der Waals surface area contributed by atoms with Crippen LogP contribution in [-0.4, -0.2) is 18.5 Å². The van der Waals surface area contributed by atoms with Crippen LogP contribution >= 0.6 is 22.7 Å². The van der Waals surface area contributed by atoms with Crippen molar-refractivity contribution in [3.63, 3.8) is 0 Å². The van der Waals surface area contributed by atoms with Gasteiger partial charge in [0.1, 0.15) is 15.9 Å². The molecule has 23 heavy (non-hydrogen) atoms. The van der Waals surface area contributed by atoms with E-state index in [-0.39, 0.29) is 6.61 Å². The normalized spacial score (nSPS) is 10.1. The van der Waals surface area contributed by atoms with Crippen molar-refractivity contribution in [2.75, 3.05) is 11.9 Å². The minimum atomic E-state index is -0.498. The second-order valence-electron chi connectivity index (χ2n) is 4.84. The van der Waals surface area contributed by atoms with E-state index in [9.17, 15) is 9.59 Å². The maximum absolute atomic E-state index is 12.0. The Balaban J connectivity index is 1.90. The lowest BCUT2D eigenvalue weighted by molar-refractivity contribution is -0.119. The molecule has 2 heterocycles. The first kappa shape index (κ1) is 17.2. The Morgan fingerprint density at radius 1 is 1.43 bits per heavy atom. The van der Waals surface area contributed by atoms with E-state index < -0.39 is 11.9 Å². The molecule has 0 radical (unpaired) electrons. The molecular formula is C16H16N2O3S2. The summed E-state index contributed by atoms with van der Waals surface area (Å²) in [6.45, 7) is 3.68. The number of nitrogens with one attached hydrogen (secondary N) is 1. The first-order valence-corrected chi connectivity index (χ1v) is 8.78. The highest BCUT2D eigenvalue weighted by Crippen LogP contribution is 2.24. The zero-order chi connectivity index (χ0) is 16.8. The zero-order valence-corrected chi connectivity index (χ0v) is 14.5. The molecule has 0 aliphatic carbocycles. The molecule has 0 aliphatic heterocycles. The SMILES string of the molecule is CCCc1cc(C(=O)OCC(=O)Nc2sccc2C#N)sc1C. The van der Waals surface area contributed by atoms with Gasteiger partial charge in [-0.05, 0) is 36.4 Å². The molecule has 2 aromatic heterocycles. The Labute approximate surface area is 142 Å². The third-order valence-electron chi connectivity index (χ3n) is 3.11. The van der Waals surface area contributed by atoms with Crippen LogP contribution in [0.1, 0.15) is 39.0 Å². The zero-order valence-electron chi connectivity index (χ0n) is 12.8. The lowest BCUT2D eigenvalue weighted by Gasteiger charge is -2.04. The van der Waals surface area contributed by atoms with E-state index >= 15 is 0 Å². The lowest BCUT2D eigenvalue weighted by Crippen LogP contribution is -2.20. The fraction of sp³-hybridized carbons (Fsp3) is 0.312. The van der Waals surface area contributed by atoms with E-state index in [0.29, 0.717) is 15.4 Å². The van der Waals surface area contributed by atoms with Crippen LogP contribution in [0.5, 0.6) is 0 Å². The van der Waals surface area contributed by atoms with Crippen LogP contribution in [0.3, 0.4) is 0 Å². The monoisotopic (exact) mass is 348 g/mol. The number of nitrogens with zero attached hydrogens (tertiary/aromatic N) is 1. The number of anilines is 1. The number of hydrogen-bond donors (Lipinski definition) is 1. The molecule has 2 rings (SSSR count). The third-order valence-corrected chi connectivity index (χ3v) is 5.02. The van der Waals surface area contributed by atoms with E-state index in [0.717, 1.165) is 23.3 Å². The van der Waals surface area contributed by atoms with Gasteiger partial charge in [-0.2, -0.15) is 5.26 Å². The summed E-state index contributed by atoms with van der Waals surface area (Å²) in [4.78, 5) is 25.4. The van der Waals surface area contributed by atoms with Crippen molar-refractivity contribution in [1.82, 2.24) is 0 Å². The summed E-state index contributed by atoms with van der Waals surface area (Å²) < 4.78 is 5.04. The van der Waals surface area contributed by atoms with Crippen LogP contribution in [0, 0.1) is 18.3 Å². The molecule has 5 nitrogen and oxygen atoms in total. The van der Waals surface area contributed by atoms with Crippen LogP contribution in [0.25, 0.3) is 0 Å². The van der Waals surface area contributed by atoms with Crippen LogP contribution < -0.4 is 5.32 Å². The second-order valence-corrected chi connectivity index (χ2v) is 7.01. The molecular weight excluding hydrogens is 332 g/mol. The summed E-state index contributed by atoms with van der Waals surface area (Å²) in [6, 6.07) is 5.43. The third kappa shape index (κ3) is 4.41. The van der Waals surface area contributed by atoms with Gasteiger partial charge in [0.2, 0.25) is 0 Å². The molecule has 0 aliphatic rings. The molecule has 0 aromatic carbocycles. The largest absolute Gasteiger partial charge is 0.451 e. The van der Waals surface area contributed by atoms with E-state index in [1.165, 1.54) is 22.7 Å². The van der Waals surface area contributed by atoms with Crippen molar-refractivity contribution in [2.24, 2.45) is 0 Å². The predicted octanol–water partition coefficient (Wildman–Crippen LogP) is 3.74. The molecule has 0 bridgehead atoms. The van der Waals surface area contributed by atoms with Gasteiger partial charge in [-0.15, -0.1) is 22.7 Å². The molecule has 0 saturated carbocycles. The fourth-order valence-electron chi connectivity index (χ4n) is 2.00. The Hall–Kier alpha value is -2.17. The van der Waals surface area contributed by atoms with Crippen LogP contribution in [0.4, 0.5) is 5.00 Å². The minimum absolute atomic E-state index is 0.373. The Morgan fingerprint density at radius 2 is 2.22 bits per heavy atom. The average molecular weight is 348 g/mol. The van der Waals surface area contributed by atoms with E-state index in [4.69, 9.17) is 10.00 Å². The predicted molar refractivity (Wildman–Crippen MR) is 91.0 cm³/mol. The standard InChI is InChI=1S/C16H16N2O3S2/c1-3-4-11-7-13(23-10(11)2)16(20)21-9-14(19)18-15-12(8-17)5-6-22-15/h5-7H,3-4,9H2,1-2H3,(H,18,19). The number of aryl methyl sites for hydroxylation is 2. The van der Waals surface area contributed by atoms with Crippen LogP contribution in [0.15, 0.2) is 17.5 Å². The maximum Gasteiger partial charge on any atom is 0.348 e. The summed E-state index contributed by atoms with van der Waals surface area (Å²) in [5.74, 6) is -0.957. The number of carbonyl (C=O) groups is 2. The van der Waals surface area contributed by atoms with Crippen molar-refractivity contribution >= 4 is 39.6 Å². The van der Waals surface area contributed by atoms with Crippen molar-refractivity contribution in [3.8, 4) is 6.07 Å². The number of nitriles is 1. The number of esters is 1. The van der Waals surface area contributed by atoms with E-state index in [2.05, 4.69) is 12.2 Å². The molecule has 0 unspecified atom stereocenters. The lowest BCUT2D eigenvalue weighted by atomic mass is 10.1. The van der Waals surface area contributed by atoms with Crippen molar-refractivity contribution in [1.29, 1.82) is 5.26 Å². The number of rotatable bonds is 6. The number of carbonyl (C=O) groups excluding carboxylic acids is 2. The number of ether oxygens (including phenoxy) is 1. The van der Waals surface area contributed by atoms with Gasteiger partial charge >= 0.3 is 5.97 Å². The van der Waals surface area contributed by atoms with Gasteiger partial charge in [0.05, 0.1) is 5.56 Å². The molecule has 1 N–H and O–H groups in total. The molecule has 0 fully saturated rings. The summed E-state index contributed by atoms with van der Waals surface area (Å²) in [5.41, 5.74) is 1.54. The van der Waals surface area contributed by atoms with Gasteiger partial charge in [0, 0.05) is 4.88 Å². The smallest absolute Gasteiger partial charge is 0.348 e. The summed E-state index contributed by atoms with van der Waals surface area (Å²) in [7, 11) is 0. The fourth-order valence-corrected chi connectivity index (χ4v) is 3.72. The quantitative estimate of drug-likeness (QED) is 0.807. The molecule has 7 heteroatoms. The van der Waals surface area contributed by atoms with E-state index in [1.54, 1.807) is 11.4 Å². The average Bonchev–Trinajstić information content (AvgIpc) is 3.12. The molecule has 0 spiro atoms. The van der Waals surface area contributed by atoms with Crippen molar-refractivity contribution in [2.45, 2.75) is 26.7 Å². The second kappa shape index (κ2) is 7.90. The number of hydrogen-bond acceptors (Lipinski definition) is 6. The maximum atomic E-state index is 12.0. The number of thiophene rings is 2.